The molecule has 348 valence electrons. The largest absolute Gasteiger partial charge is 0.462 e. The SMILES string of the molecule is C=C(C)C(=O)OCCCCCCCCCCC[P+](CCCC[P+](CCCC[N+](C)(C)C1CC(C)(C)NC(C)(C)C1)(c1ccccc1)c1ccccc1)(c1ccccc1)c1ccccc1. The smallest absolute Gasteiger partial charge is 0.333 e. The molecule has 64 heavy (non-hydrogen) atoms. The van der Waals surface area contributed by atoms with Crippen LogP contribution >= 0.6 is 14.5 Å². The normalized spacial score (nSPS) is 15.5. The Morgan fingerprint density at radius 2 is 0.859 bits per heavy atom. The van der Waals surface area contributed by atoms with Gasteiger partial charge in [0.15, 0.2) is 0 Å². The van der Waals surface area contributed by atoms with Crippen LogP contribution in [0.5, 0.6) is 0 Å². The molecule has 1 aliphatic heterocycles. The Balaban J connectivity index is 1.26. The Bertz CT molecular complexity index is 1850. The Hall–Kier alpha value is -3.13. The highest BCUT2D eigenvalue weighted by Gasteiger charge is 2.46. The second-order valence-electron chi connectivity index (χ2n) is 21.1. The van der Waals surface area contributed by atoms with E-state index in [-0.39, 0.29) is 17.0 Å². The zero-order valence-electron chi connectivity index (χ0n) is 41.3. The van der Waals surface area contributed by atoms with E-state index in [0.29, 0.717) is 18.2 Å². The summed E-state index contributed by atoms with van der Waals surface area (Å²) < 4.78 is 6.38. The standard InChI is InChI=1S/C58H87N2O2P2/c1-50(2)56(61)62-43-29-14-12-10-9-11-13-15-30-44-63(52-34-20-16-21-35-52,53-36-22-17-23-37-53)46-32-33-47-64(54-38-24-18-25-39-54,55-40-26-19-27-41-55)45-31-28-42-60(7,8)51-48-57(3,4)59-58(5,6)49-51/h16-27,34-41,51,59H,1,9-15,28-33,42-49H2,2-8H3/q+3. The number of nitrogens with zero attached hydrogens (tertiary/aromatic N) is 1. The van der Waals surface area contributed by atoms with Gasteiger partial charge in [-0.25, -0.2) is 4.79 Å². The molecule has 1 heterocycles. The van der Waals surface area contributed by atoms with Crippen molar-refractivity contribution in [2.75, 3.05) is 51.9 Å². The van der Waals surface area contributed by atoms with Gasteiger partial charge in [0.2, 0.25) is 0 Å². The molecule has 1 saturated heterocycles. The van der Waals surface area contributed by atoms with Crippen LogP contribution in [0.3, 0.4) is 0 Å². The molecule has 0 aromatic heterocycles. The maximum absolute atomic E-state index is 11.6. The maximum atomic E-state index is 11.6. The van der Waals surface area contributed by atoms with Crippen LogP contribution in [0.25, 0.3) is 0 Å². The van der Waals surface area contributed by atoms with Crippen LogP contribution in [0.1, 0.15) is 131 Å². The maximum Gasteiger partial charge on any atom is 0.333 e. The van der Waals surface area contributed by atoms with E-state index in [2.05, 4.69) is 175 Å². The Kier molecular flexibility index (Phi) is 20.4. The quantitative estimate of drug-likeness (QED) is 0.0203. The number of hydrogen-bond donors (Lipinski definition) is 1. The second-order valence-corrected chi connectivity index (χ2v) is 28.9. The van der Waals surface area contributed by atoms with E-state index in [1.165, 1.54) is 115 Å². The average molecular weight is 906 g/mol. The van der Waals surface area contributed by atoms with Crippen LogP contribution in [-0.2, 0) is 9.53 Å². The Labute approximate surface area is 392 Å². The molecule has 4 aromatic carbocycles. The second kappa shape index (κ2) is 25.1. The molecule has 0 atom stereocenters. The third-order valence-corrected chi connectivity index (χ3v) is 23.7. The summed E-state index contributed by atoms with van der Waals surface area (Å²) >= 11 is 0. The van der Waals surface area contributed by atoms with Crippen molar-refractivity contribution in [2.45, 2.75) is 148 Å². The molecule has 0 saturated carbocycles. The first kappa shape index (κ1) is 51.8. The lowest BCUT2D eigenvalue weighted by Gasteiger charge is -2.51. The molecule has 1 fully saturated rings. The van der Waals surface area contributed by atoms with Crippen LogP contribution in [-0.4, -0.2) is 79.5 Å². The van der Waals surface area contributed by atoms with Gasteiger partial charge in [-0.15, -0.1) is 0 Å². The number of benzene rings is 4. The van der Waals surface area contributed by atoms with Crippen molar-refractivity contribution >= 4 is 41.7 Å². The predicted octanol–water partition coefficient (Wildman–Crippen LogP) is 12.9. The molecule has 6 heteroatoms. The highest BCUT2D eigenvalue weighted by atomic mass is 31.2. The van der Waals surface area contributed by atoms with Crippen LogP contribution in [0.2, 0.25) is 0 Å². The first-order valence-corrected chi connectivity index (χ1v) is 29.4. The first-order valence-electron chi connectivity index (χ1n) is 25.1. The number of piperidine rings is 1. The molecular weight excluding hydrogens is 819 g/mol. The van der Waals surface area contributed by atoms with Crippen LogP contribution < -0.4 is 26.5 Å². The number of unbranched alkanes of at least 4 members (excludes halogenated alkanes) is 10. The van der Waals surface area contributed by atoms with Crippen molar-refractivity contribution in [3.05, 3.63) is 133 Å². The summed E-state index contributed by atoms with van der Waals surface area (Å²) in [7, 11) is 1.72. The Morgan fingerprint density at radius 3 is 1.22 bits per heavy atom. The fourth-order valence-corrected chi connectivity index (χ4v) is 20.2. The van der Waals surface area contributed by atoms with Crippen molar-refractivity contribution < 1.29 is 14.0 Å². The number of nitrogens with one attached hydrogen (secondary N) is 1. The van der Waals surface area contributed by atoms with E-state index in [9.17, 15) is 4.79 Å². The third-order valence-electron chi connectivity index (χ3n) is 14.3. The lowest BCUT2D eigenvalue weighted by Crippen LogP contribution is -2.65. The van der Waals surface area contributed by atoms with Crippen LogP contribution in [0.4, 0.5) is 0 Å². The molecule has 1 N–H and O–H groups in total. The molecule has 0 unspecified atom stereocenters. The minimum absolute atomic E-state index is 0.164. The van der Waals surface area contributed by atoms with Gasteiger partial charge in [-0.2, -0.15) is 0 Å². The summed E-state index contributed by atoms with van der Waals surface area (Å²) in [4.78, 5) is 11.6. The molecule has 4 aromatic rings. The number of carbonyl (C=O) groups is 1. The molecule has 1 aliphatic rings. The number of hydrogen-bond acceptors (Lipinski definition) is 3. The van der Waals surface area contributed by atoms with E-state index in [1.807, 2.05) is 0 Å². The summed E-state index contributed by atoms with van der Waals surface area (Å²) in [5.74, 6) is -0.266. The highest BCUT2D eigenvalue weighted by molar-refractivity contribution is 7.90. The topological polar surface area (TPSA) is 38.3 Å². The summed E-state index contributed by atoms with van der Waals surface area (Å²) in [5.41, 5.74) is 0.809. The molecule has 0 radical (unpaired) electrons. The van der Waals surface area contributed by atoms with E-state index in [1.54, 1.807) is 28.1 Å². The van der Waals surface area contributed by atoms with Gasteiger partial charge in [0.05, 0.1) is 93.7 Å². The van der Waals surface area contributed by atoms with E-state index in [4.69, 9.17) is 4.74 Å². The predicted molar refractivity (Wildman–Crippen MR) is 285 cm³/mol. The van der Waals surface area contributed by atoms with Gasteiger partial charge in [0.1, 0.15) is 0 Å². The summed E-state index contributed by atoms with van der Waals surface area (Å²) in [5, 5.41) is 10.3. The zero-order chi connectivity index (χ0) is 45.9. The molecule has 0 bridgehead atoms. The van der Waals surface area contributed by atoms with E-state index >= 15 is 0 Å². The van der Waals surface area contributed by atoms with Crippen molar-refractivity contribution in [2.24, 2.45) is 0 Å². The van der Waals surface area contributed by atoms with Crippen molar-refractivity contribution in [1.82, 2.24) is 5.32 Å². The third kappa shape index (κ3) is 15.5. The van der Waals surface area contributed by atoms with Crippen molar-refractivity contribution in [3.63, 3.8) is 0 Å². The minimum Gasteiger partial charge on any atom is -0.462 e. The molecule has 0 spiro atoms. The molecule has 5 rings (SSSR count). The molecule has 0 aliphatic carbocycles. The summed E-state index contributed by atoms with van der Waals surface area (Å²) in [6.07, 6.45) is 23.7. The molecule has 4 nitrogen and oxygen atoms in total. The van der Waals surface area contributed by atoms with Gasteiger partial charge in [-0.1, -0.05) is 118 Å². The van der Waals surface area contributed by atoms with Gasteiger partial charge in [0, 0.05) is 35.9 Å². The van der Waals surface area contributed by atoms with Crippen molar-refractivity contribution in [3.8, 4) is 0 Å². The average Bonchev–Trinajstić information content (AvgIpc) is 3.28. The van der Waals surface area contributed by atoms with Gasteiger partial charge in [-0.05, 0) is 122 Å². The molecular formula is C58H87N2O2P2+3. The number of rotatable bonds is 28. The first-order chi connectivity index (χ1) is 30.7. The minimum atomic E-state index is -1.67. The lowest BCUT2D eigenvalue weighted by molar-refractivity contribution is -0.917. The van der Waals surface area contributed by atoms with E-state index in [0.717, 1.165) is 17.3 Å². The van der Waals surface area contributed by atoms with E-state index < -0.39 is 14.5 Å². The fourth-order valence-electron chi connectivity index (χ4n) is 11.0. The number of esters is 1. The van der Waals surface area contributed by atoms with Crippen LogP contribution in [0.15, 0.2) is 133 Å². The summed E-state index contributed by atoms with van der Waals surface area (Å²) in [6, 6.07) is 47.5. The number of carbonyl (C=O) groups excluding carboxylic acids is 1. The summed E-state index contributed by atoms with van der Waals surface area (Å²) in [6.45, 7) is 16.7. The van der Waals surface area contributed by atoms with Gasteiger partial charge >= 0.3 is 5.97 Å². The van der Waals surface area contributed by atoms with Crippen LogP contribution in [0, 0.1) is 0 Å². The van der Waals surface area contributed by atoms with Crippen molar-refractivity contribution in [1.29, 1.82) is 0 Å². The number of ether oxygens (including phenoxy) is 1. The van der Waals surface area contributed by atoms with Gasteiger partial charge < -0.3 is 14.5 Å². The van der Waals surface area contributed by atoms with Gasteiger partial charge in [-0.3, -0.25) is 0 Å². The lowest BCUT2D eigenvalue weighted by atomic mass is 9.78. The number of quaternary nitrogens is 1. The van der Waals surface area contributed by atoms with Gasteiger partial charge in [0.25, 0.3) is 0 Å². The fraction of sp³-hybridized carbons (Fsp3) is 0.534. The monoisotopic (exact) mass is 906 g/mol. The zero-order valence-corrected chi connectivity index (χ0v) is 43.1. The molecule has 0 amide bonds. The Morgan fingerprint density at radius 1 is 0.547 bits per heavy atom. The highest BCUT2D eigenvalue weighted by Crippen LogP contribution is 2.60.